The number of nitro groups is 1. The van der Waals surface area contributed by atoms with Crippen LogP contribution >= 0.6 is 11.3 Å². The number of fused-ring (bicyclic) bond motifs is 2. The zero-order valence-electron chi connectivity index (χ0n) is 13.8. The standard InChI is InChI=1S/C17H14N4O3S/c1-8-6-12(21(22)23)14-13(7-8)25-17(19-14)20-16-18-11-5-4-9(2)10(3)15(11)24-16/h4-7H,1-3H3,(H,18,19,20). The molecule has 4 aromatic rings. The van der Waals surface area contributed by atoms with E-state index in [1.54, 1.807) is 0 Å². The monoisotopic (exact) mass is 354 g/mol. The number of aromatic nitrogens is 2. The lowest BCUT2D eigenvalue weighted by molar-refractivity contribution is -0.383. The molecule has 0 radical (unpaired) electrons. The van der Waals surface area contributed by atoms with Gasteiger partial charge >= 0.3 is 6.01 Å². The molecule has 0 saturated heterocycles. The highest BCUT2D eigenvalue weighted by molar-refractivity contribution is 7.22. The fourth-order valence-electron chi connectivity index (χ4n) is 2.70. The van der Waals surface area contributed by atoms with Crippen molar-refractivity contribution < 1.29 is 9.34 Å². The second kappa shape index (κ2) is 5.52. The van der Waals surface area contributed by atoms with E-state index in [1.165, 1.54) is 17.4 Å². The summed E-state index contributed by atoms with van der Waals surface area (Å²) in [5.41, 5.74) is 4.84. The minimum Gasteiger partial charge on any atom is -0.423 e. The number of hydrogen-bond acceptors (Lipinski definition) is 7. The normalized spacial score (nSPS) is 11.3. The SMILES string of the molecule is Cc1cc([N+](=O)[O-])c2nc(Nc3nc4ccc(C)c(C)c4o3)sc2c1. The van der Waals surface area contributed by atoms with Crippen LogP contribution in [0.15, 0.2) is 28.7 Å². The minimum absolute atomic E-state index is 0.00309. The van der Waals surface area contributed by atoms with Crippen molar-refractivity contribution in [2.24, 2.45) is 0 Å². The Hall–Kier alpha value is -3.00. The van der Waals surface area contributed by atoms with Crippen molar-refractivity contribution in [2.75, 3.05) is 5.32 Å². The molecule has 0 spiro atoms. The number of thiazole rings is 1. The van der Waals surface area contributed by atoms with Gasteiger partial charge in [0.15, 0.2) is 16.2 Å². The summed E-state index contributed by atoms with van der Waals surface area (Å²) in [5.74, 6) is 0. The molecule has 0 bridgehead atoms. The first kappa shape index (κ1) is 15.5. The number of nitrogens with one attached hydrogen (secondary N) is 1. The summed E-state index contributed by atoms with van der Waals surface area (Å²) in [7, 11) is 0. The summed E-state index contributed by atoms with van der Waals surface area (Å²) >= 11 is 1.33. The van der Waals surface area contributed by atoms with Crippen LogP contribution in [-0.2, 0) is 0 Å². The van der Waals surface area contributed by atoms with E-state index in [9.17, 15) is 10.1 Å². The summed E-state index contributed by atoms with van der Waals surface area (Å²) in [5, 5.41) is 14.8. The number of hydrogen-bond donors (Lipinski definition) is 1. The molecule has 126 valence electrons. The molecule has 25 heavy (non-hydrogen) atoms. The predicted octanol–water partition coefficient (Wildman–Crippen LogP) is 5.01. The highest BCUT2D eigenvalue weighted by atomic mass is 32.1. The number of nitro benzene ring substituents is 1. The molecular weight excluding hydrogens is 340 g/mol. The van der Waals surface area contributed by atoms with Gasteiger partial charge < -0.3 is 4.42 Å². The van der Waals surface area contributed by atoms with Crippen LogP contribution in [0, 0.1) is 30.9 Å². The Morgan fingerprint density at radius 2 is 2.00 bits per heavy atom. The quantitative estimate of drug-likeness (QED) is 0.410. The number of aryl methyl sites for hydroxylation is 3. The van der Waals surface area contributed by atoms with Gasteiger partial charge in [-0.05, 0) is 49.6 Å². The molecule has 0 unspecified atom stereocenters. The molecule has 2 aromatic heterocycles. The van der Waals surface area contributed by atoms with Gasteiger partial charge in [0.25, 0.3) is 5.69 Å². The summed E-state index contributed by atoms with van der Waals surface area (Å²) in [4.78, 5) is 19.6. The molecule has 4 rings (SSSR count). The number of benzene rings is 2. The maximum atomic E-state index is 11.2. The number of anilines is 2. The van der Waals surface area contributed by atoms with Crippen molar-refractivity contribution in [3.05, 3.63) is 51.1 Å². The Bertz CT molecular complexity index is 1150. The van der Waals surface area contributed by atoms with Crippen LogP contribution in [0.4, 0.5) is 16.8 Å². The van der Waals surface area contributed by atoms with Crippen molar-refractivity contribution in [1.29, 1.82) is 0 Å². The molecule has 0 aliphatic heterocycles. The first-order valence-electron chi connectivity index (χ1n) is 7.62. The molecule has 0 aliphatic carbocycles. The van der Waals surface area contributed by atoms with Crippen LogP contribution in [-0.4, -0.2) is 14.9 Å². The molecule has 0 fully saturated rings. The van der Waals surface area contributed by atoms with Crippen LogP contribution in [0.2, 0.25) is 0 Å². The van der Waals surface area contributed by atoms with Crippen molar-refractivity contribution in [3.8, 4) is 0 Å². The highest BCUT2D eigenvalue weighted by Crippen LogP contribution is 2.35. The van der Waals surface area contributed by atoms with Gasteiger partial charge in [0.1, 0.15) is 5.52 Å². The lowest BCUT2D eigenvalue weighted by Gasteiger charge is -1.97. The maximum absolute atomic E-state index is 11.2. The molecule has 2 heterocycles. The topological polar surface area (TPSA) is 94.1 Å². The number of rotatable bonds is 3. The Morgan fingerprint density at radius 3 is 2.76 bits per heavy atom. The number of non-ortho nitro benzene ring substituents is 1. The minimum atomic E-state index is -0.412. The van der Waals surface area contributed by atoms with E-state index in [1.807, 2.05) is 39.0 Å². The Labute approximate surface area is 146 Å². The largest absolute Gasteiger partial charge is 0.423 e. The van der Waals surface area contributed by atoms with Crippen molar-refractivity contribution >= 4 is 49.5 Å². The zero-order chi connectivity index (χ0) is 17.7. The summed E-state index contributed by atoms with van der Waals surface area (Å²) < 4.78 is 6.54. The average Bonchev–Trinajstić information content (AvgIpc) is 3.13. The van der Waals surface area contributed by atoms with E-state index >= 15 is 0 Å². The van der Waals surface area contributed by atoms with Crippen molar-refractivity contribution in [1.82, 2.24) is 9.97 Å². The van der Waals surface area contributed by atoms with Crippen molar-refractivity contribution in [3.63, 3.8) is 0 Å². The van der Waals surface area contributed by atoms with Gasteiger partial charge in [-0.1, -0.05) is 17.4 Å². The fraction of sp³-hybridized carbons (Fsp3) is 0.176. The average molecular weight is 354 g/mol. The van der Waals surface area contributed by atoms with Crippen LogP contribution in [0.1, 0.15) is 16.7 Å². The Balaban J connectivity index is 1.77. The summed E-state index contributed by atoms with van der Waals surface area (Å²) in [6, 6.07) is 7.62. The molecule has 1 N–H and O–H groups in total. The van der Waals surface area contributed by atoms with E-state index in [4.69, 9.17) is 4.42 Å². The smallest absolute Gasteiger partial charge is 0.302 e. The second-order valence-corrected chi connectivity index (χ2v) is 6.94. The zero-order valence-corrected chi connectivity index (χ0v) is 14.6. The molecule has 0 aliphatic rings. The fourth-order valence-corrected chi connectivity index (χ4v) is 3.68. The van der Waals surface area contributed by atoms with Gasteiger partial charge in [0.2, 0.25) is 0 Å². The van der Waals surface area contributed by atoms with Gasteiger partial charge in [0, 0.05) is 6.07 Å². The van der Waals surface area contributed by atoms with Crippen molar-refractivity contribution in [2.45, 2.75) is 20.8 Å². The molecule has 7 nitrogen and oxygen atoms in total. The third-order valence-corrected chi connectivity index (χ3v) is 5.02. The molecule has 0 saturated carbocycles. The molecule has 0 atom stereocenters. The maximum Gasteiger partial charge on any atom is 0.302 e. The first-order valence-corrected chi connectivity index (χ1v) is 8.43. The van der Waals surface area contributed by atoms with E-state index in [-0.39, 0.29) is 5.69 Å². The molecule has 2 aromatic carbocycles. The third kappa shape index (κ3) is 2.60. The number of nitrogens with zero attached hydrogens (tertiary/aromatic N) is 3. The van der Waals surface area contributed by atoms with E-state index in [0.29, 0.717) is 16.7 Å². The van der Waals surface area contributed by atoms with Gasteiger partial charge in [-0.3, -0.25) is 15.4 Å². The van der Waals surface area contributed by atoms with Crippen LogP contribution in [0.5, 0.6) is 0 Å². The lowest BCUT2D eigenvalue weighted by Crippen LogP contribution is -1.91. The van der Waals surface area contributed by atoms with Crippen LogP contribution in [0.25, 0.3) is 21.3 Å². The van der Waals surface area contributed by atoms with Gasteiger partial charge in [-0.15, -0.1) is 0 Å². The summed E-state index contributed by atoms with van der Waals surface area (Å²) in [6.45, 7) is 5.82. The molecule has 8 heteroatoms. The second-order valence-electron chi connectivity index (χ2n) is 5.91. The lowest BCUT2D eigenvalue weighted by atomic mass is 10.1. The predicted molar refractivity (Wildman–Crippen MR) is 97.8 cm³/mol. The van der Waals surface area contributed by atoms with E-state index < -0.39 is 4.92 Å². The third-order valence-electron chi connectivity index (χ3n) is 4.11. The summed E-state index contributed by atoms with van der Waals surface area (Å²) in [6.07, 6.45) is 0. The van der Waals surface area contributed by atoms with E-state index in [0.717, 1.165) is 32.5 Å². The Morgan fingerprint density at radius 1 is 1.20 bits per heavy atom. The van der Waals surface area contributed by atoms with Crippen LogP contribution < -0.4 is 5.32 Å². The van der Waals surface area contributed by atoms with Gasteiger partial charge in [-0.25, -0.2) is 4.98 Å². The van der Waals surface area contributed by atoms with E-state index in [2.05, 4.69) is 15.3 Å². The van der Waals surface area contributed by atoms with Gasteiger partial charge in [0.05, 0.1) is 9.62 Å². The Kier molecular flexibility index (Phi) is 3.43. The molecular formula is C17H14N4O3S. The van der Waals surface area contributed by atoms with Gasteiger partial charge in [-0.2, -0.15) is 4.98 Å². The molecule has 0 amide bonds. The highest BCUT2D eigenvalue weighted by Gasteiger charge is 2.18. The number of oxazole rings is 1. The van der Waals surface area contributed by atoms with Crippen LogP contribution in [0.3, 0.4) is 0 Å². The first-order chi connectivity index (χ1) is 11.9.